The predicted octanol–water partition coefficient (Wildman–Crippen LogP) is 4.25. The summed E-state index contributed by atoms with van der Waals surface area (Å²) in [6.45, 7) is 2.94. The van der Waals surface area contributed by atoms with E-state index >= 15 is 0 Å². The molecule has 0 amide bonds. The highest BCUT2D eigenvalue weighted by molar-refractivity contribution is 5.59. The number of hydrogen-bond acceptors (Lipinski definition) is 3. The van der Waals surface area contributed by atoms with Gasteiger partial charge in [0, 0.05) is 12.5 Å². The Labute approximate surface area is 156 Å². The Morgan fingerprint density at radius 3 is 2.58 bits per heavy atom. The topological polar surface area (TPSA) is 32.7 Å². The summed E-state index contributed by atoms with van der Waals surface area (Å²) in [5, 5.41) is 11.9. The summed E-state index contributed by atoms with van der Waals surface area (Å²) in [6.07, 6.45) is 4.02. The molecule has 0 aromatic heterocycles. The third-order valence-corrected chi connectivity index (χ3v) is 5.35. The second kappa shape index (κ2) is 7.65. The summed E-state index contributed by atoms with van der Waals surface area (Å²) in [6, 6.07) is 16.3. The van der Waals surface area contributed by atoms with Crippen LogP contribution in [0.1, 0.15) is 29.5 Å². The van der Waals surface area contributed by atoms with Crippen LogP contribution in [-0.4, -0.2) is 37.8 Å². The van der Waals surface area contributed by atoms with E-state index in [1.807, 2.05) is 18.2 Å². The van der Waals surface area contributed by atoms with Gasteiger partial charge in [0.2, 0.25) is 0 Å². The lowest BCUT2D eigenvalue weighted by molar-refractivity contribution is 0.0216. The first-order valence-electron chi connectivity index (χ1n) is 9.23. The molecule has 1 N–H and O–H groups in total. The molecule has 2 aromatic rings. The largest absolute Gasteiger partial charge is 0.497 e. The molecule has 3 heteroatoms. The lowest BCUT2D eigenvalue weighted by Gasteiger charge is -2.34. The van der Waals surface area contributed by atoms with Crippen LogP contribution in [0.5, 0.6) is 5.75 Å². The molecule has 0 spiro atoms. The van der Waals surface area contributed by atoms with E-state index in [1.54, 1.807) is 7.11 Å². The van der Waals surface area contributed by atoms with Crippen molar-refractivity contribution in [3.63, 3.8) is 0 Å². The average molecular weight is 351 g/mol. The average Bonchev–Trinajstić information content (AvgIpc) is 2.92. The quantitative estimate of drug-likeness (QED) is 0.874. The number of ether oxygens (including phenoxy) is 1. The summed E-state index contributed by atoms with van der Waals surface area (Å²) in [5.41, 5.74) is 3.41. The molecule has 0 saturated heterocycles. The lowest BCUT2D eigenvalue weighted by Crippen LogP contribution is -2.37. The zero-order chi connectivity index (χ0) is 18.7. The number of rotatable bonds is 5. The van der Waals surface area contributed by atoms with E-state index in [0.29, 0.717) is 0 Å². The summed E-state index contributed by atoms with van der Waals surface area (Å²) in [4.78, 5) is 2.16. The monoisotopic (exact) mass is 351 g/mol. The van der Waals surface area contributed by atoms with E-state index in [2.05, 4.69) is 62.3 Å². The smallest absolute Gasteiger partial charge is 0.119 e. The summed E-state index contributed by atoms with van der Waals surface area (Å²) >= 11 is 0. The molecule has 1 saturated carbocycles. The van der Waals surface area contributed by atoms with Gasteiger partial charge in [-0.05, 0) is 62.7 Å². The molecular weight excluding hydrogens is 322 g/mol. The van der Waals surface area contributed by atoms with Crippen LogP contribution < -0.4 is 4.74 Å². The van der Waals surface area contributed by atoms with Crippen LogP contribution in [0.4, 0.5) is 0 Å². The van der Waals surface area contributed by atoms with Crippen molar-refractivity contribution in [2.75, 3.05) is 27.7 Å². The van der Waals surface area contributed by atoms with Gasteiger partial charge in [-0.2, -0.15) is 0 Å². The Bertz CT molecular complexity index is 779. The fourth-order valence-electron chi connectivity index (χ4n) is 4.00. The Balaban J connectivity index is 2.05. The molecule has 1 fully saturated rings. The highest BCUT2D eigenvalue weighted by Crippen LogP contribution is 2.48. The van der Waals surface area contributed by atoms with Crippen LogP contribution in [0.25, 0.3) is 6.08 Å². The third kappa shape index (κ3) is 3.69. The van der Waals surface area contributed by atoms with Crippen molar-refractivity contribution in [1.82, 2.24) is 4.90 Å². The van der Waals surface area contributed by atoms with E-state index in [4.69, 9.17) is 4.74 Å². The molecule has 2 unspecified atom stereocenters. The molecule has 2 aromatic carbocycles. The number of benzene rings is 2. The summed E-state index contributed by atoms with van der Waals surface area (Å²) in [5.74, 6) is 1.01. The van der Waals surface area contributed by atoms with Gasteiger partial charge in [-0.25, -0.2) is 0 Å². The fraction of sp³-hybridized carbons (Fsp3) is 0.391. The predicted molar refractivity (Wildman–Crippen MR) is 107 cm³/mol. The van der Waals surface area contributed by atoms with Gasteiger partial charge in [0.05, 0.1) is 7.11 Å². The highest BCUT2D eigenvalue weighted by atomic mass is 16.5. The van der Waals surface area contributed by atoms with Crippen molar-refractivity contribution in [1.29, 1.82) is 0 Å². The van der Waals surface area contributed by atoms with E-state index in [1.165, 1.54) is 5.56 Å². The summed E-state index contributed by atoms with van der Waals surface area (Å²) < 4.78 is 5.34. The van der Waals surface area contributed by atoms with Gasteiger partial charge >= 0.3 is 0 Å². The van der Waals surface area contributed by atoms with Crippen molar-refractivity contribution >= 4 is 6.08 Å². The molecule has 138 valence electrons. The molecule has 1 aliphatic rings. The minimum Gasteiger partial charge on any atom is -0.497 e. The van der Waals surface area contributed by atoms with Crippen molar-refractivity contribution in [3.05, 3.63) is 70.8 Å². The molecule has 0 aliphatic heterocycles. The van der Waals surface area contributed by atoms with Gasteiger partial charge in [-0.15, -0.1) is 0 Å². The second-order valence-corrected chi connectivity index (χ2v) is 7.58. The van der Waals surface area contributed by atoms with E-state index < -0.39 is 5.60 Å². The zero-order valence-corrected chi connectivity index (χ0v) is 16.2. The molecule has 26 heavy (non-hydrogen) atoms. The molecule has 3 rings (SSSR count). The molecule has 0 radical (unpaired) electrons. The Hall–Kier alpha value is -2.10. The van der Waals surface area contributed by atoms with Crippen molar-refractivity contribution in [2.24, 2.45) is 5.92 Å². The van der Waals surface area contributed by atoms with E-state index in [0.717, 1.165) is 41.8 Å². The molecule has 3 nitrogen and oxygen atoms in total. The second-order valence-electron chi connectivity index (χ2n) is 7.58. The third-order valence-electron chi connectivity index (χ3n) is 5.35. The minimum absolute atomic E-state index is 0.178. The number of aliphatic hydroxyl groups is 1. The standard InChI is InChI=1S/C23H29NO2/c1-17-8-10-19(11-9-17)23(25)20(12-13-21(23)16-24(2)3)14-18-6-5-7-22(15-18)26-4/h5-11,14-15,21,25H,12-13,16H2,1-4H3. The van der Waals surface area contributed by atoms with Crippen molar-refractivity contribution in [3.8, 4) is 5.75 Å². The van der Waals surface area contributed by atoms with Crippen LogP contribution in [0.15, 0.2) is 54.1 Å². The SMILES string of the molecule is COc1cccc(C=C2CCC(CN(C)C)C2(O)c2ccc(C)cc2)c1. The normalized spacial score (nSPS) is 24.4. The van der Waals surface area contributed by atoms with Gasteiger partial charge in [0.1, 0.15) is 11.4 Å². The van der Waals surface area contributed by atoms with Gasteiger partial charge < -0.3 is 14.7 Å². The highest BCUT2D eigenvalue weighted by Gasteiger charge is 2.46. The first-order valence-corrected chi connectivity index (χ1v) is 9.23. The van der Waals surface area contributed by atoms with Crippen LogP contribution in [0.3, 0.4) is 0 Å². The molecular formula is C23H29NO2. The summed E-state index contributed by atoms with van der Waals surface area (Å²) in [7, 11) is 5.82. The Morgan fingerprint density at radius 1 is 1.19 bits per heavy atom. The van der Waals surface area contributed by atoms with E-state index in [9.17, 15) is 5.11 Å². The zero-order valence-electron chi connectivity index (χ0n) is 16.2. The van der Waals surface area contributed by atoms with E-state index in [-0.39, 0.29) is 5.92 Å². The Morgan fingerprint density at radius 2 is 1.92 bits per heavy atom. The fourth-order valence-corrected chi connectivity index (χ4v) is 4.00. The maximum Gasteiger partial charge on any atom is 0.119 e. The van der Waals surface area contributed by atoms with Crippen LogP contribution in [-0.2, 0) is 5.60 Å². The maximum atomic E-state index is 11.9. The van der Waals surface area contributed by atoms with Gasteiger partial charge in [0.15, 0.2) is 0 Å². The minimum atomic E-state index is -0.930. The van der Waals surface area contributed by atoms with Gasteiger partial charge in [0.25, 0.3) is 0 Å². The molecule has 0 bridgehead atoms. The molecule has 2 atom stereocenters. The first kappa shape index (κ1) is 18.7. The van der Waals surface area contributed by atoms with Crippen LogP contribution in [0.2, 0.25) is 0 Å². The van der Waals surface area contributed by atoms with Crippen molar-refractivity contribution in [2.45, 2.75) is 25.4 Å². The van der Waals surface area contributed by atoms with Crippen molar-refractivity contribution < 1.29 is 9.84 Å². The van der Waals surface area contributed by atoms with Gasteiger partial charge in [-0.1, -0.05) is 48.0 Å². The number of methoxy groups -OCH3 is 1. The number of nitrogens with zero attached hydrogens (tertiary/aromatic N) is 1. The van der Waals surface area contributed by atoms with Crippen LogP contribution in [0, 0.1) is 12.8 Å². The molecule has 0 heterocycles. The first-order chi connectivity index (χ1) is 12.4. The maximum absolute atomic E-state index is 11.9. The number of hydrogen-bond donors (Lipinski definition) is 1. The number of aryl methyl sites for hydroxylation is 1. The molecule has 1 aliphatic carbocycles. The Kier molecular flexibility index (Phi) is 5.49. The lowest BCUT2D eigenvalue weighted by atomic mass is 9.80. The van der Waals surface area contributed by atoms with Gasteiger partial charge in [-0.3, -0.25) is 0 Å². The van der Waals surface area contributed by atoms with Crippen LogP contribution >= 0.6 is 0 Å².